The summed E-state index contributed by atoms with van der Waals surface area (Å²) in [6.45, 7) is 4.57. The van der Waals surface area contributed by atoms with Crippen LogP contribution in [0.15, 0.2) is 31.0 Å². The van der Waals surface area contributed by atoms with Gasteiger partial charge in [0.05, 0.1) is 18.0 Å². The monoisotopic (exact) mass is 373 g/mol. The van der Waals surface area contributed by atoms with Gasteiger partial charge in [0.2, 0.25) is 0 Å². The maximum atomic E-state index is 7.32. The molecule has 0 radical (unpaired) electrons. The van der Waals surface area contributed by atoms with Gasteiger partial charge in [-0.25, -0.2) is 9.97 Å². The number of hydrogen-bond acceptors (Lipinski definition) is 6. The standard InChI is InChI=1S/C13H15N5.C3H9NS.C2H3N/c1-2-3-6-18-8-10(7-17-18)12-11-4-5-14-13(11)16-9-15-12;1-4(2)5-3;1-2-3/h4-5,7-9H,2-3,6H2,1H3,(H,14,15,16);1-3H3;1H3. The van der Waals surface area contributed by atoms with Crippen LogP contribution in [-0.2, 0) is 6.54 Å². The first-order valence-corrected chi connectivity index (χ1v) is 9.58. The number of aryl methyl sites for hydroxylation is 1. The number of nitrogens with zero attached hydrogens (tertiary/aromatic N) is 6. The van der Waals surface area contributed by atoms with Crippen molar-refractivity contribution in [2.45, 2.75) is 33.2 Å². The lowest BCUT2D eigenvalue weighted by Crippen LogP contribution is -1.96. The fraction of sp³-hybridized carbons (Fsp3) is 0.444. The molecule has 0 amide bonds. The van der Waals surface area contributed by atoms with Crippen LogP contribution in [0.4, 0.5) is 0 Å². The number of nitrogens with one attached hydrogen (secondary N) is 1. The van der Waals surface area contributed by atoms with Crippen molar-refractivity contribution >= 4 is 23.0 Å². The van der Waals surface area contributed by atoms with Crippen molar-refractivity contribution in [3.05, 3.63) is 31.0 Å². The highest BCUT2D eigenvalue weighted by atomic mass is 32.2. The molecule has 0 bridgehead atoms. The number of aromatic amines is 1. The average molecular weight is 374 g/mol. The van der Waals surface area contributed by atoms with Crippen LogP contribution in [0, 0.1) is 11.3 Å². The number of aromatic nitrogens is 5. The van der Waals surface area contributed by atoms with Gasteiger partial charge in [0.25, 0.3) is 0 Å². The lowest BCUT2D eigenvalue weighted by Gasteiger charge is -1.99. The third kappa shape index (κ3) is 6.86. The fourth-order valence-electron chi connectivity index (χ4n) is 2.03. The van der Waals surface area contributed by atoms with Crippen molar-refractivity contribution in [3.8, 4) is 17.3 Å². The molecule has 0 aliphatic rings. The van der Waals surface area contributed by atoms with Crippen molar-refractivity contribution in [1.29, 1.82) is 5.26 Å². The van der Waals surface area contributed by atoms with Gasteiger partial charge in [-0.1, -0.05) is 25.3 Å². The number of H-pyrrole nitrogens is 1. The summed E-state index contributed by atoms with van der Waals surface area (Å²) in [5.74, 6) is 0. The quantitative estimate of drug-likeness (QED) is 0.681. The van der Waals surface area contributed by atoms with Crippen molar-refractivity contribution < 1.29 is 0 Å². The Hall–Kier alpha value is -2.37. The highest BCUT2D eigenvalue weighted by Crippen LogP contribution is 2.23. The summed E-state index contributed by atoms with van der Waals surface area (Å²) >= 11 is 1.71. The first-order valence-electron chi connectivity index (χ1n) is 8.40. The van der Waals surface area contributed by atoms with Crippen LogP contribution in [-0.4, -0.2) is 49.4 Å². The zero-order valence-electron chi connectivity index (χ0n) is 16.1. The second kappa shape index (κ2) is 12.1. The fourth-order valence-corrected chi connectivity index (χ4v) is 2.03. The van der Waals surface area contributed by atoms with Crippen molar-refractivity contribution in [2.75, 3.05) is 20.4 Å². The van der Waals surface area contributed by atoms with Crippen LogP contribution in [0.1, 0.15) is 26.7 Å². The van der Waals surface area contributed by atoms with Crippen molar-refractivity contribution in [1.82, 2.24) is 29.0 Å². The van der Waals surface area contributed by atoms with Gasteiger partial charge >= 0.3 is 0 Å². The average Bonchev–Trinajstić information content (AvgIpc) is 3.30. The molecule has 0 aliphatic carbocycles. The van der Waals surface area contributed by atoms with Crippen LogP contribution >= 0.6 is 11.9 Å². The number of fused-ring (bicyclic) bond motifs is 1. The first-order chi connectivity index (χ1) is 12.6. The lowest BCUT2D eigenvalue weighted by atomic mass is 10.2. The highest BCUT2D eigenvalue weighted by Gasteiger charge is 2.08. The van der Waals surface area contributed by atoms with E-state index < -0.39 is 0 Å². The SMILES string of the molecule is CC#N.CCCCn1cc(-c2ncnc3[nH]ccc23)cn1.CSN(C)C. The number of unbranched alkanes of at least 4 members (excludes halogenated alkanes) is 1. The maximum Gasteiger partial charge on any atom is 0.141 e. The summed E-state index contributed by atoms with van der Waals surface area (Å²) in [6, 6.07) is 3.74. The van der Waals surface area contributed by atoms with E-state index in [4.69, 9.17) is 5.26 Å². The third-order valence-corrected chi connectivity index (χ3v) is 4.10. The second-order valence-corrected chi connectivity index (χ2v) is 6.62. The molecular formula is C18H27N7S. The van der Waals surface area contributed by atoms with Crippen LogP contribution in [0.2, 0.25) is 0 Å². The first kappa shape index (κ1) is 21.7. The summed E-state index contributed by atoms with van der Waals surface area (Å²) in [5, 5.41) is 12.7. The van der Waals surface area contributed by atoms with Gasteiger partial charge in [-0.05, 0) is 32.8 Å². The molecule has 8 heteroatoms. The topological polar surface area (TPSA) is 86.4 Å². The Labute approximate surface area is 159 Å². The number of rotatable bonds is 5. The molecule has 0 unspecified atom stereocenters. The van der Waals surface area contributed by atoms with E-state index in [-0.39, 0.29) is 0 Å². The van der Waals surface area contributed by atoms with Crippen molar-refractivity contribution in [3.63, 3.8) is 0 Å². The molecule has 3 aromatic rings. The van der Waals surface area contributed by atoms with E-state index in [0.29, 0.717) is 0 Å². The summed E-state index contributed by atoms with van der Waals surface area (Å²) in [7, 11) is 4.04. The van der Waals surface area contributed by atoms with E-state index in [0.717, 1.165) is 35.3 Å². The van der Waals surface area contributed by atoms with Crippen LogP contribution < -0.4 is 0 Å². The summed E-state index contributed by atoms with van der Waals surface area (Å²) < 4.78 is 4.01. The van der Waals surface area contributed by atoms with E-state index in [1.165, 1.54) is 13.3 Å². The predicted octanol–water partition coefficient (Wildman–Crippen LogP) is 3.98. The lowest BCUT2D eigenvalue weighted by molar-refractivity contribution is 0.572. The minimum Gasteiger partial charge on any atom is -0.346 e. The molecule has 3 rings (SSSR count). The normalized spacial score (nSPS) is 9.88. The molecule has 0 fully saturated rings. The highest BCUT2D eigenvalue weighted by molar-refractivity contribution is 7.96. The molecule has 0 atom stereocenters. The van der Waals surface area contributed by atoms with Gasteiger partial charge in [0, 0.05) is 36.8 Å². The summed E-state index contributed by atoms with van der Waals surface area (Å²) in [5.41, 5.74) is 2.84. The van der Waals surface area contributed by atoms with Crippen molar-refractivity contribution in [2.24, 2.45) is 0 Å². The van der Waals surface area contributed by atoms with E-state index in [1.807, 2.05) is 54.0 Å². The maximum absolute atomic E-state index is 7.32. The van der Waals surface area contributed by atoms with Gasteiger partial charge in [-0.15, -0.1) is 0 Å². The third-order valence-electron chi connectivity index (χ3n) is 3.37. The largest absolute Gasteiger partial charge is 0.346 e. The molecule has 0 aromatic carbocycles. The zero-order chi connectivity index (χ0) is 19.4. The van der Waals surface area contributed by atoms with Gasteiger partial charge in [-0.3, -0.25) is 8.99 Å². The van der Waals surface area contributed by atoms with E-state index in [9.17, 15) is 0 Å². The predicted molar refractivity (Wildman–Crippen MR) is 109 cm³/mol. The molecule has 0 spiro atoms. The Morgan fingerprint density at radius 2 is 2.04 bits per heavy atom. The minimum absolute atomic E-state index is 0.862. The van der Waals surface area contributed by atoms with Crippen LogP contribution in [0.25, 0.3) is 22.3 Å². The Balaban J connectivity index is 0.000000361. The molecule has 3 heterocycles. The molecule has 0 saturated heterocycles. The molecule has 3 aromatic heterocycles. The molecule has 140 valence electrons. The van der Waals surface area contributed by atoms with Gasteiger partial charge in [0.1, 0.15) is 12.0 Å². The van der Waals surface area contributed by atoms with Gasteiger partial charge < -0.3 is 4.98 Å². The van der Waals surface area contributed by atoms with Gasteiger partial charge in [0.15, 0.2) is 0 Å². The van der Waals surface area contributed by atoms with E-state index in [1.54, 1.807) is 24.3 Å². The number of hydrogen-bond donors (Lipinski definition) is 1. The molecule has 7 nitrogen and oxygen atoms in total. The van der Waals surface area contributed by atoms with Crippen LogP contribution in [0.3, 0.4) is 0 Å². The Morgan fingerprint density at radius 3 is 2.65 bits per heavy atom. The Morgan fingerprint density at radius 1 is 1.35 bits per heavy atom. The van der Waals surface area contributed by atoms with E-state index >= 15 is 0 Å². The molecule has 1 N–H and O–H groups in total. The molecule has 0 saturated carbocycles. The number of nitriles is 1. The molecule has 26 heavy (non-hydrogen) atoms. The van der Waals surface area contributed by atoms with E-state index in [2.05, 4.69) is 27.0 Å². The minimum atomic E-state index is 0.862. The summed E-state index contributed by atoms with van der Waals surface area (Å²) in [4.78, 5) is 11.6. The van der Waals surface area contributed by atoms with Crippen LogP contribution in [0.5, 0.6) is 0 Å². The van der Waals surface area contributed by atoms with Gasteiger partial charge in [-0.2, -0.15) is 10.4 Å². The molecular weight excluding hydrogens is 346 g/mol. The zero-order valence-corrected chi connectivity index (χ0v) is 16.9. The summed E-state index contributed by atoms with van der Waals surface area (Å²) in [6.07, 6.45) is 11.7. The molecule has 0 aliphatic heterocycles. The Kier molecular flexibility index (Phi) is 10.1. The second-order valence-electron chi connectivity index (χ2n) is 5.53. The smallest absolute Gasteiger partial charge is 0.141 e. The Bertz CT molecular complexity index is 801.